The fourth-order valence-corrected chi connectivity index (χ4v) is 2.65. The van der Waals surface area contributed by atoms with Gasteiger partial charge in [0.2, 0.25) is 0 Å². The van der Waals surface area contributed by atoms with Gasteiger partial charge in [0.25, 0.3) is 0 Å². The normalized spacial score (nSPS) is 17.1. The molecule has 1 aromatic rings. The Kier molecular flexibility index (Phi) is 3.99. The van der Waals surface area contributed by atoms with Gasteiger partial charge in [0.1, 0.15) is 0 Å². The summed E-state index contributed by atoms with van der Waals surface area (Å²) in [5, 5.41) is 8.03. The number of rotatable bonds is 5. The summed E-state index contributed by atoms with van der Waals surface area (Å²) in [6, 6.07) is 0. The van der Waals surface area contributed by atoms with E-state index < -0.39 is 0 Å². The van der Waals surface area contributed by atoms with Crippen LogP contribution < -0.4 is 5.32 Å². The summed E-state index contributed by atoms with van der Waals surface area (Å²) in [5.41, 5.74) is 2.60. The van der Waals surface area contributed by atoms with Gasteiger partial charge in [0.15, 0.2) is 0 Å². The highest BCUT2D eigenvalue weighted by atomic mass is 15.3. The van der Waals surface area contributed by atoms with Crippen molar-refractivity contribution in [3.63, 3.8) is 0 Å². The zero-order valence-electron chi connectivity index (χ0n) is 10.5. The minimum Gasteiger partial charge on any atom is -0.312 e. The van der Waals surface area contributed by atoms with E-state index in [0.717, 1.165) is 18.9 Å². The highest BCUT2D eigenvalue weighted by Crippen LogP contribution is 2.23. The smallest absolute Gasteiger partial charge is 0.0666 e. The molecule has 1 saturated carbocycles. The Balaban J connectivity index is 1.79. The quantitative estimate of drug-likeness (QED) is 0.826. The molecule has 0 atom stereocenters. The number of nitrogens with one attached hydrogen (secondary N) is 1. The SMILES string of the molecule is CCc1nn(C)cc1CNCC1CCCC1. The highest BCUT2D eigenvalue weighted by molar-refractivity contribution is 5.16. The molecule has 1 heterocycles. The zero-order valence-corrected chi connectivity index (χ0v) is 10.5. The molecule has 3 heteroatoms. The van der Waals surface area contributed by atoms with Crippen LogP contribution in [0.3, 0.4) is 0 Å². The maximum Gasteiger partial charge on any atom is 0.0666 e. The minimum atomic E-state index is 0.918. The fourth-order valence-electron chi connectivity index (χ4n) is 2.65. The molecule has 1 aliphatic rings. The van der Waals surface area contributed by atoms with Crippen molar-refractivity contribution < 1.29 is 0 Å². The van der Waals surface area contributed by atoms with Gasteiger partial charge in [-0.3, -0.25) is 4.68 Å². The van der Waals surface area contributed by atoms with E-state index in [0.29, 0.717) is 0 Å². The van der Waals surface area contributed by atoms with Crippen molar-refractivity contribution in [2.45, 2.75) is 45.6 Å². The second kappa shape index (κ2) is 5.48. The summed E-state index contributed by atoms with van der Waals surface area (Å²) in [6.07, 6.45) is 8.86. The standard InChI is InChI=1S/C13H23N3/c1-3-13-12(10-16(2)15-13)9-14-8-11-6-4-5-7-11/h10-11,14H,3-9H2,1-2H3. The number of nitrogens with zero attached hydrogens (tertiary/aromatic N) is 2. The summed E-state index contributed by atoms with van der Waals surface area (Å²) in [5.74, 6) is 0.918. The molecule has 3 nitrogen and oxygen atoms in total. The van der Waals surface area contributed by atoms with Gasteiger partial charge in [-0.15, -0.1) is 0 Å². The Morgan fingerprint density at radius 1 is 1.44 bits per heavy atom. The van der Waals surface area contributed by atoms with Crippen molar-refractivity contribution in [3.05, 3.63) is 17.5 Å². The third-order valence-electron chi connectivity index (χ3n) is 3.55. The average Bonchev–Trinajstić information content (AvgIpc) is 2.88. The molecule has 1 aromatic heterocycles. The van der Waals surface area contributed by atoms with Gasteiger partial charge >= 0.3 is 0 Å². The van der Waals surface area contributed by atoms with Crippen molar-refractivity contribution in [2.24, 2.45) is 13.0 Å². The predicted molar refractivity (Wildman–Crippen MR) is 66.3 cm³/mol. The minimum absolute atomic E-state index is 0.918. The largest absolute Gasteiger partial charge is 0.312 e. The maximum absolute atomic E-state index is 4.46. The van der Waals surface area contributed by atoms with E-state index in [1.54, 1.807) is 0 Å². The van der Waals surface area contributed by atoms with Crippen LogP contribution in [0.5, 0.6) is 0 Å². The van der Waals surface area contributed by atoms with Crippen molar-refractivity contribution in [1.82, 2.24) is 15.1 Å². The zero-order chi connectivity index (χ0) is 11.4. The summed E-state index contributed by atoms with van der Waals surface area (Å²) in [7, 11) is 2.00. The predicted octanol–water partition coefficient (Wildman–Crippen LogP) is 2.26. The molecule has 1 aliphatic carbocycles. The first-order valence-electron chi connectivity index (χ1n) is 6.51. The first kappa shape index (κ1) is 11.6. The van der Waals surface area contributed by atoms with Gasteiger partial charge in [-0.1, -0.05) is 19.8 Å². The lowest BCUT2D eigenvalue weighted by Gasteiger charge is -2.09. The Labute approximate surface area is 98.2 Å². The fraction of sp³-hybridized carbons (Fsp3) is 0.769. The third kappa shape index (κ3) is 2.85. The third-order valence-corrected chi connectivity index (χ3v) is 3.55. The molecule has 0 aromatic carbocycles. The Bertz CT molecular complexity index is 324. The molecule has 0 radical (unpaired) electrons. The molecule has 90 valence electrons. The first-order chi connectivity index (χ1) is 7.79. The molecule has 0 saturated heterocycles. The summed E-state index contributed by atoms with van der Waals surface area (Å²) >= 11 is 0. The number of hydrogen-bond donors (Lipinski definition) is 1. The monoisotopic (exact) mass is 221 g/mol. The maximum atomic E-state index is 4.46. The highest BCUT2D eigenvalue weighted by Gasteiger charge is 2.14. The van der Waals surface area contributed by atoms with E-state index in [4.69, 9.17) is 0 Å². The molecule has 0 spiro atoms. The van der Waals surface area contributed by atoms with E-state index in [1.165, 1.54) is 43.5 Å². The summed E-state index contributed by atoms with van der Waals surface area (Å²) in [6.45, 7) is 4.33. The summed E-state index contributed by atoms with van der Waals surface area (Å²) in [4.78, 5) is 0. The second-order valence-corrected chi connectivity index (χ2v) is 4.91. The molecule has 2 rings (SSSR count). The number of aromatic nitrogens is 2. The number of hydrogen-bond acceptors (Lipinski definition) is 2. The van der Waals surface area contributed by atoms with Gasteiger partial charge in [-0.25, -0.2) is 0 Å². The molecular weight excluding hydrogens is 198 g/mol. The van der Waals surface area contributed by atoms with Crippen LogP contribution in [0.1, 0.15) is 43.9 Å². The Morgan fingerprint density at radius 3 is 2.88 bits per heavy atom. The Hall–Kier alpha value is -0.830. The molecule has 0 bridgehead atoms. The van der Waals surface area contributed by atoms with Crippen molar-refractivity contribution in [3.8, 4) is 0 Å². The van der Waals surface area contributed by atoms with Crippen LogP contribution in [0.15, 0.2) is 6.20 Å². The van der Waals surface area contributed by atoms with Crippen molar-refractivity contribution in [1.29, 1.82) is 0 Å². The van der Waals surface area contributed by atoms with Crippen LogP contribution in [0.2, 0.25) is 0 Å². The van der Waals surface area contributed by atoms with Crippen LogP contribution in [-0.4, -0.2) is 16.3 Å². The van der Waals surface area contributed by atoms with Gasteiger partial charge < -0.3 is 5.32 Å². The van der Waals surface area contributed by atoms with Crippen molar-refractivity contribution in [2.75, 3.05) is 6.54 Å². The van der Waals surface area contributed by atoms with E-state index in [2.05, 4.69) is 23.5 Å². The van der Waals surface area contributed by atoms with Gasteiger partial charge in [-0.05, 0) is 31.7 Å². The molecule has 1 fully saturated rings. The van der Waals surface area contributed by atoms with Gasteiger partial charge in [0.05, 0.1) is 5.69 Å². The van der Waals surface area contributed by atoms with Crippen molar-refractivity contribution >= 4 is 0 Å². The lowest BCUT2D eigenvalue weighted by atomic mass is 10.1. The van der Waals surface area contributed by atoms with E-state index in [9.17, 15) is 0 Å². The van der Waals surface area contributed by atoms with Crippen LogP contribution in [0.25, 0.3) is 0 Å². The molecule has 0 unspecified atom stereocenters. The van der Waals surface area contributed by atoms with Crippen LogP contribution in [-0.2, 0) is 20.0 Å². The summed E-state index contributed by atoms with van der Waals surface area (Å²) < 4.78 is 1.92. The molecule has 0 aliphatic heterocycles. The second-order valence-electron chi connectivity index (χ2n) is 4.91. The molecule has 1 N–H and O–H groups in total. The first-order valence-corrected chi connectivity index (χ1v) is 6.51. The molecule has 16 heavy (non-hydrogen) atoms. The topological polar surface area (TPSA) is 29.9 Å². The lowest BCUT2D eigenvalue weighted by molar-refractivity contribution is 0.488. The average molecular weight is 221 g/mol. The van der Waals surface area contributed by atoms with Gasteiger partial charge in [-0.2, -0.15) is 5.10 Å². The molecular formula is C13H23N3. The van der Waals surface area contributed by atoms with Gasteiger partial charge in [0, 0.05) is 25.4 Å². The van der Waals surface area contributed by atoms with Crippen LogP contribution >= 0.6 is 0 Å². The molecule has 0 amide bonds. The number of aryl methyl sites for hydroxylation is 2. The Morgan fingerprint density at radius 2 is 2.19 bits per heavy atom. The van der Waals surface area contributed by atoms with Crippen LogP contribution in [0.4, 0.5) is 0 Å². The van der Waals surface area contributed by atoms with E-state index in [1.807, 2.05) is 11.7 Å². The van der Waals surface area contributed by atoms with E-state index >= 15 is 0 Å². The lowest BCUT2D eigenvalue weighted by Crippen LogP contribution is -2.21. The van der Waals surface area contributed by atoms with Crippen LogP contribution in [0, 0.1) is 5.92 Å². The van der Waals surface area contributed by atoms with E-state index in [-0.39, 0.29) is 0 Å².